The van der Waals surface area contributed by atoms with E-state index in [0.717, 1.165) is 0 Å². The minimum absolute atomic E-state index is 0.202. The number of hydrogen-bond donors (Lipinski definition) is 0. The zero-order valence-electron chi connectivity index (χ0n) is 12.6. The molecule has 0 bridgehead atoms. The summed E-state index contributed by atoms with van der Waals surface area (Å²) in [5.41, 5.74) is 1.00. The van der Waals surface area contributed by atoms with E-state index in [9.17, 15) is 0 Å². The maximum atomic E-state index is 5.15. The fraction of sp³-hybridized carbons (Fsp3) is 0.286. The summed E-state index contributed by atoms with van der Waals surface area (Å²) >= 11 is 0. The van der Waals surface area contributed by atoms with Crippen LogP contribution in [0.3, 0.4) is 0 Å². The SMILES string of the molecule is COc1ncc(C#Cc2cnc(OC)nc2OC)c(OC)n1. The largest absolute Gasteiger partial charge is 0.480 e. The van der Waals surface area contributed by atoms with Gasteiger partial charge in [-0.15, -0.1) is 0 Å². The van der Waals surface area contributed by atoms with Crippen LogP contribution in [0, 0.1) is 11.8 Å². The van der Waals surface area contributed by atoms with Crippen molar-refractivity contribution in [1.82, 2.24) is 19.9 Å². The normalized spacial score (nSPS) is 9.45. The second-order valence-electron chi connectivity index (χ2n) is 3.81. The number of methoxy groups -OCH3 is 4. The Hall–Kier alpha value is -3.08. The van der Waals surface area contributed by atoms with Gasteiger partial charge >= 0.3 is 12.0 Å². The second-order valence-corrected chi connectivity index (χ2v) is 3.81. The molecule has 0 aliphatic carbocycles. The van der Waals surface area contributed by atoms with Crippen molar-refractivity contribution in [3.63, 3.8) is 0 Å². The van der Waals surface area contributed by atoms with Crippen LogP contribution in [0.25, 0.3) is 0 Å². The lowest BCUT2D eigenvalue weighted by molar-refractivity contribution is 0.350. The second kappa shape index (κ2) is 7.08. The molecule has 0 spiro atoms. The summed E-state index contributed by atoms with van der Waals surface area (Å²) < 4.78 is 20.2. The molecule has 0 saturated carbocycles. The summed E-state index contributed by atoms with van der Waals surface area (Å²) in [6, 6.07) is 0.403. The summed E-state index contributed by atoms with van der Waals surface area (Å²) in [4.78, 5) is 16.1. The molecular formula is C14H14N4O4. The number of aromatic nitrogens is 4. The van der Waals surface area contributed by atoms with Crippen molar-refractivity contribution in [3.8, 4) is 35.6 Å². The number of hydrogen-bond acceptors (Lipinski definition) is 8. The molecule has 0 N–H and O–H groups in total. The van der Waals surface area contributed by atoms with Crippen LogP contribution in [-0.4, -0.2) is 48.4 Å². The van der Waals surface area contributed by atoms with Gasteiger partial charge in [0.25, 0.3) is 0 Å². The number of rotatable bonds is 4. The van der Waals surface area contributed by atoms with Gasteiger partial charge in [0.15, 0.2) is 0 Å². The van der Waals surface area contributed by atoms with Crippen LogP contribution in [0.1, 0.15) is 11.1 Å². The molecule has 8 nitrogen and oxygen atoms in total. The molecule has 8 heteroatoms. The minimum atomic E-state index is 0.202. The fourth-order valence-corrected chi connectivity index (χ4v) is 1.52. The highest BCUT2D eigenvalue weighted by atomic mass is 16.5. The van der Waals surface area contributed by atoms with E-state index in [4.69, 9.17) is 18.9 Å². The molecular weight excluding hydrogens is 288 g/mol. The van der Waals surface area contributed by atoms with Crippen LogP contribution in [0.15, 0.2) is 12.4 Å². The Morgan fingerprint density at radius 2 is 1.09 bits per heavy atom. The van der Waals surface area contributed by atoms with E-state index in [1.165, 1.54) is 40.8 Å². The molecule has 0 atom stereocenters. The van der Waals surface area contributed by atoms with E-state index in [1.807, 2.05) is 0 Å². The first-order chi connectivity index (χ1) is 10.7. The zero-order valence-corrected chi connectivity index (χ0v) is 12.6. The highest BCUT2D eigenvalue weighted by molar-refractivity contribution is 5.48. The Bertz CT molecular complexity index is 665. The molecule has 0 unspecified atom stereocenters. The van der Waals surface area contributed by atoms with E-state index in [0.29, 0.717) is 22.9 Å². The predicted octanol–water partition coefficient (Wildman–Crippen LogP) is 0.701. The summed E-state index contributed by atoms with van der Waals surface area (Å²) in [5, 5.41) is 0. The molecule has 0 amide bonds. The third-order valence-corrected chi connectivity index (χ3v) is 2.55. The molecule has 0 aromatic carbocycles. The number of nitrogens with zero attached hydrogens (tertiary/aromatic N) is 4. The Morgan fingerprint density at radius 3 is 1.41 bits per heavy atom. The van der Waals surface area contributed by atoms with Crippen molar-refractivity contribution < 1.29 is 18.9 Å². The van der Waals surface area contributed by atoms with Gasteiger partial charge in [-0.3, -0.25) is 0 Å². The van der Waals surface area contributed by atoms with Gasteiger partial charge in [0.2, 0.25) is 11.8 Å². The Balaban J connectivity index is 2.38. The van der Waals surface area contributed by atoms with E-state index in [1.54, 1.807) is 0 Å². The van der Waals surface area contributed by atoms with Crippen molar-refractivity contribution in [1.29, 1.82) is 0 Å². The topological polar surface area (TPSA) is 88.5 Å². The summed E-state index contributed by atoms with van der Waals surface area (Å²) in [6.07, 6.45) is 3.02. The van der Waals surface area contributed by atoms with Crippen LogP contribution < -0.4 is 18.9 Å². The van der Waals surface area contributed by atoms with Gasteiger partial charge in [0, 0.05) is 0 Å². The van der Waals surface area contributed by atoms with Crippen molar-refractivity contribution in [2.45, 2.75) is 0 Å². The van der Waals surface area contributed by atoms with Gasteiger partial charge in [-0.05, 0) is 0 Å². The van der Waals surface area contributed by atoms with Crippen LogP contribution >= 0.6 is 0 Å². The van der Waals surface area contributed by atoms with Gasteiger partial charge in [-0.25, -0.2) is 9.97 Å². The van der Waals surface area contributed by atoms with E-state index in [-0.39, 0.29) is 12.0 Å². The van der Waals surface area contributed by atoms with Crippen molar-refractivity contribution in [2.75, 3.05) is 28.4 Å². The average Bonchev–Trinajstić information content (AvgIpc) is 2.59. The summed E-state index contributed by atoms with van der Waals surface area (Å²) in [7, 11) is 5.92. The minimum Gasteiger partial charge on any atom is -0.480 e. The third-order valence-electron chi connectivity index (χ3n) is 2.55. The maximum absolute atomic E-state index is 5.15. The molecule has 0 saturated heterocycles. The molecule has 2 aromatic heterocycles. The molecule has 0 aliphatic heterocycles. The van der Waals surface area contributed by atoms with Crippen LogP contribution in [0.2, 0.25) is 0 Å². The zero-order chi connectivity index (χ0) is 15.9. The van der Waals surface area contributed by atoms with E-state index in [2.05, 4.69) is 31.8 Å². The Kier molecular flexibility index (Phi) is 4.93. The van der Waals surface area contributed by atoms with Crippen molar-refractivity contribution in [3.05, 3.63) is 23.5 Å². The Labute approximate surface area is 127 Å². The molecule has 2 aromatic rings. The lowest BCUT2D eigenvalue weighted by atomic mass is 10.2. The fourth-order valence-electron chi connectivity index (χ4n) is 1.52. The first-order valence-corrected chi connectivity index (χ1v) is 6.13. The van der Waals surface area contributed by atoms with Crippen molar-refractivity contribution in [2.24, 2.45) is 0 Å². The first kappa shape index (κ1) is 15.3. The molecule has 114 valence electrons. The molecule has 2 heterocycles. The quantitative estimate of drug-likeness (QED) is 0.763. The highest BCUT2D eigenvalue weighted by Gasteiger charge is 2.08. The highest BCUT2D eigenvalue weighted by Crippen LogP contribution is 2.18. The van der Waals surface area contributed by atoms with Gasteiger partial charge in [0.1, 0.15) is 11.1 Å². The monoisotopic (exact) mass is 302 g/mol. The van der Waals surface area contributed by atoms with Crippen molar-refractivity contribution >= 4 is 0 Å². The summed E-state index contributed by atoms with van der Waals surface area (Å²) in [5.74, 6) is 6.40. The molecule has 22 heavy (non-hydrogen) atoms. The lowest BCUT2D eigenvalue weighted by Gasteiger charge is -2.04. The lowest BCUT2D eigenvalue weighted by Crippen LogP contribution is -1.99. The standard InChI is InChI=1S/C14H14N4O4/c1-19-11-9(7-15-13(17-11)21-3)5-6-10-8-16-14(22-4)18-12(10)20-2/h7-8H,1-4H3. The van der Waals surface area contributed by atoms with Gasteiger partial charge < -0.3 is 18.9 Å². The molecule has 2 rings (SSSR count). The van der Waals surface area contributed by atoms with E-state index >= 15 is 0 Å². The predicted molar refractivity (Wildman–Crippen MR) is 76.3 cm³/mol. The van der Waals surface area contributed by atoms with Crippen LogP contribution in [0.5, 0.6) is 23.8 Å². The average molecular weight is 302 g/mol. The summed E-state index contributed by atoms with van der Waals surface area (Å²) in [6.45, 7) is 0. The van der Waals surface area contributed by atoms with Gasteiger partial charge in [-0.2, -0.15) is 9.97 Å². The smallest absolute Gasteiger partial charge is 0.319 e. The third kappa shape index (κ3) is 3.32. The molecule has 0 radical (unpaired) electrons. The van der Waals surface area contributed by atoms with E-state index < -0.39 is 0 Å². The number of ether oxygens (including phenoxy) is 4. The van der Waals surface area contributed by atoms with Crippen LogP contribution in [0.4, 0.5) is 0 Å². The van der Waals surface area contributed by atoms with Gasteiger partial charge in [-0.1, -0.05) is 11.8 Å². The Morgan fingerprint density at radius 1 is 0.682 bits per heavy atom. The first-order valence-electron chi connectivity index (χ1n) is 6.13. The maximum Gasteiger partial charge on any atom is 0.319 e. The molecule has 0 fully saturated rings. The molecule has 0 aliphatic rings. The van der Waals surface area contributed by atoms with Crippen LogP contribution in [-0.2, 0) is 0 Å². The van der Waals surface area contributed by atoms with Gasteiger partial charge in [0.05, 0.1) is 40.8 Å².